The SMILES string of the molecule is COc1ccc(CNC(=O)COc2c(C)cccc2C)c(OC)c1. The Morgan fingerprint density at radius 3 is 2.38 bits per heavy atom. The van der Waals surface area contributed by atoms with Crippen molar-refractivity contribution in [3.05, 3.63) is 53.1 Å². The van der Waals surface area contributed by atoms with Crippen LogP contribution in [-0.4, -0.2) is 26.7 Å². The lowest BCUT2D eigenvalue weighted by molar-refractivity contribution is -0.123. The molecule has 0 aliphatic heterocycles. The van der Waals surface area contributed by atoms with Crippen LogP contribution in [0.15, 0.2) is 36.4 Å². The molecule has 0 atom stereocenters. The summed E-state index contributed by atoms with van der Waals surface area (Å²) in [5.41, 5.74) is 2.90. The number of carbonyl (C=O) groups is 1. The summed E-state index contributed by atoms with van der Waals surface area (Å²) in [4.78, 5) is 12.0. The standard InChI is InChI=1S/C19H23NO4/c1-13-6-5-7-14(2)19(13)24-12-18(21)20-11-15-8-9-16(22-3)10-17(15)23-4/h5-10H,11-12H2,1-4H3,(H,20,21). The van der Waals surface area contributed by atoms with Crippen LogP contribution in [0.4, 0.5) is 0 Å². The average molecular weight is 329 g/mol. The zero-order chi connectivity index (χ0) is 17.5. The normalized spacial score (nSPS) is 10.2. The second kappa shape index (κ2) is 8.24. The summed E-state index contributed by atoms with van der Waals surface area (Å²) in [6, 6.07) is 11.4. The maximum absolute atomic E-state index is 12.0. The van der Waals surface area contributed by atoms with Crippen LogP contribution in [0.3, 0.4) is 0 Å². The Kier molecular flexibility index (Phi) is 6.07. The number of amides is 1. The Labute approximate surface area is 142 Å². The molecule has 0 unspecified atom stereocenters. The first-order valence-corrected chi connectivity index (χ1v) is 7.71. The molecule has 5 nitrogen and oxygen atoms in total. The molecular weight excluding hydrogens is 306 g/mol. The maximum Gasteiger partial charge on any atom is 0.258 e. The van der Waals surface area contributed by atoms with Crippen molar-refractivity contribution >= 4 is 5.91 Å². The predicted molar refractivity (Wildman–Crippen MR) is 92.8 cm³/mol. The van der Waals surface area contributed by atoms with Gasteiger partial charge in [0, 0.05) is 18.2 Å². The van der Waals surface area contributed by atoms with Crippen molar-refractivity contribution in [3.63, 3.8) is 0 Å². The molecule has 0 aliphatic rings. The Morgan fingerprint density at radius 1 is 1.04 bits per heavy atom. The Morgan fingerprint density at radius 2 is 1.75 bits per heavy atom. The van der Waals surface area contributed by atoms with Crippen LogP contribution in [0, 0.1) is 13.8 Å². The van der Waals surface area contributed by atoms with Gasteiger partial charge in [0.1, 0.15) is 17.2 Å². The molecule has 2 aromatic rings. The van der Waals surface area contributed by atoms with Crippen LogP contribution in [-0.2, 0) is 11.3 Å². The summed E-state index contributed by atoms with van der Waals surface area (Å²) in [5.74, 6) is 1.95. The van der Waals surface area contributed by atoms with E-state index < -0.39 is 0 Å². The molecule has 0 fully saturated rings. The third-order valence-corrected chi connectivity index (χ3v) is 3.73. The average Bonchev–Trinajstić information content (AvgIpc) is 2.59. The number of carbonyl (C=O) groups excluding carboxylic acids is 1. The van der Waals surface area contributed by atoms with E-state index >= 15 is 0 Å². The topological polar surface area (TPSA) is 56.8 Å². The third kappa shape index (κ3) is 4.41. The molecule has 2 aromatic carbocycles. The Balaban J connectivity index is 1.92. The highest BCUT2D eigenvalue weighted by Crippen LogP contribution is 2.24. The van der Waals surface area contributed by atoms with Gasteiger partial charge in [0.2, 0.25) is 0 Å². The molecule has 0 bridgehead atoms. The number of ether oxygens (including phenoxy) is 3. The molecule has 0 aliphatic carbocycles. The first-order valence-electron chi connectivity index (χ1n) is 7.71. The number of hydrogen-bond donors (Lipinski definition) is 1. The molecule has 2 rings (SSSR count). The second-order valence-electron chi connectivity index (χ2n) is 5.46. The monoisotopic (exact) mass is 329 g/mol. The molecule has 0 heterocycles. The van der Waals surface area contributed by atoms with Gasteiger partial charge < -0.3 is 19.5 Å². The minimum Gasteiger partial charge on any atom is -0.497 e. The smallest absolute Gasteiger partial charge is 0.258 e. The Hall–Kier alpha value is -2.69. The van der Waals surface area contributed by atoms with E-state index in [-0.39, 0.29) is 12.5 Å². The van der Waals surface area contributed by atoms with E-state index in [0.717, 1.165) is 22.4 Å². The minimum atomic E-state index is -0.185. The highest BCUT2D eigenvalue weighted by atomic mass is 16.5. The second-order valence-corrected chi connectivity index (χ2v) is 5.46. The largest absolute Gasteiger partial charge is 0.497 e. The van der Waals surface area contributed by atoms with Gasteiger partial charge in [0.05, 0.1) is 14.2 Å². The van der Waals surface area contributed by atoms with Gasteiger partial charge in [-0.3, -0.25) is 4.79 Å². The third-order valence-electron chi connectivity index (χ3n) is 3.73. The van der Waals surface area contributed by atoms with Gasteiger partial charge in [-0.15, -0.1) is 0 Å². The molecule has 128 valence electrons. The first kappa shape index (κ1) is 17.7. The first-order chi connectivity index (χ1) is 11.5. The molecule has 5 heteroatoms. The van der Waals surface area contributed by atoms with Crippen molar-refractivity contribution < 1.29 is 19.0 Å². The summed E-state index contributed by atoms with van der Waals surface area (Å²) < 4.78 is 16.1. The van der Waals surface area contributed by atoms with Crippen molar-refractivity contribution in [1.82, 2.24) is 5.32 Å². The van der Waals surface area contributed by atoms with E-state index in [2.05, 4.69) is 5.32 Å². The molecular formula is C19H23NO4. The lowest BCUT2D eigenvalue weighted by atomic mass is 10.1. The molecule has 1 N–H and O–H groups in total. The van der Waals surface area contributed by atoms with Gasteiger partial charge in [-0.25, -0.2) is 0 Å². The fraction of sp³-hybridized carbons (Fsp3) is 0.316. The molecule has 0 saturated heterocycles. The lowest BCUT2D eigenvalue weighted by Gasteiger charge is -2.13. The predicted octanol–water partition coefficient (Wildman–Crippen LogP) is 3.02. The number of rotatable bonds is 7. The van der Waals surface area contributed by atoms with Crippen molar-refractivity contribution in [3.8, 4) is 17.2 Å². The zero-order valence-electron chi connectivity index (χ0n) is 14.5. The number of para-hydroxylation sites is 1. The summed E-state index contributed by atoms with van der Waals surface area (Å²) >= 11 is 0. The fourth-order valence-corrected chi connectivity index (χ4v) is 2.41. The lowest BCUT2D eigenvalue weighted by Crippen LogP contribution is -2.28. The van der Waals surface area contributed by atoms with E-state index in [1.807, 2.05) is 44.2 Å². The van der Waals surface area contributed by atoms with Crippen LogP contribution in [0.25, 0.3) is 0 Å². The summed E-state index contributed by atoms with van der Waals surface area (Å²) in [6.07, 6.45) is 0. The van der Waals surface area contributed by atoms with Crippen LogP contribution in [0.2, 0.25) is 0 Å². The Bertz CT molecular complexity index is 692. The number of aryl methyl sites for hydroxylation is 2. The highest BCUT2D eigenvalue weighted by molar-refractivity contribution is 5.77. The summed E-state index contributed by atoms with van der Waals surface area (Å²) in [7, 11) is 3.19. The van der Waals surface area contributed by atoms with Crippen molar-refractivity contribution in [1.29, 1.82) is 0 Å². The van der Waals surface area contributed by atoms with Gasteiger partial charge >= 0.3 is 0 Å². The molecule has 0 aromatic heterocycles. The van der Waals surface area contributed by atoms with E-state index in [0.29, 0.717) is 18.0 Å². The number of hydrogen-bond acceptors (Lipinski definition) is 4. The van der Waals surface area contributed by atoms with Crippen LogP contribution < -0.4 is 19.5 Å². The molecule has 1 amide bonds. The van der Waals surface area contributed by atoms with Gasteiger partial charge in [-0.05, 0) is 37.1 Å². The van der Waals surface area contributed by atoms with Crippen LogP contribution in [0.1, 0.15) is 16.7 Å². The van der Waals surface area contributed by atoms with E-state index in [1.165, 1.54) is 0 Å². The van der Waals surface area contributed by atoms with Gasteiger partial charge in [-0.1, -0.05) is 18.2 Å². The number of benzene rings is 2. The van der Waals surface area contributed by atoms with Gasteiger partial charge in [0.25, 0.3) is 5.91 Å². The van der Waals surface area contributed by atoms with Gasteiger partial charge in [-0.2, -0.15) is 0 Å². The number of nitrogens with one attached hydrogen (secondary N) is 1. The molecule has 0 saturated carbocycles. The summed E-state index contributed by atoms with van der Waals surface area (Å²) in [6.45, 7) is 4.26. The minimum absolute atomic E-state index is 0.0236. The molecule has 0 radical (unpaired) electrons. The van der Waals surface area contributed by atoms with Crippen LogP contribution in [0.5, 0.6) is 17.2 Å². The molecule has 24 heavy (non-hydrogen) atoms. The number of methoxy groups -OCH3 is 2. The summed E-state index contributed by atoms with van der Waals surface area (Å²) in [5, 5.41) is 2.84. The van der Waals surface area contributed by atoms with Gasteiger partial charge in [0.15, 0.2) is 6.61 Å². The van der Waals surface area contributed by atoms with E-state index in [9.17, 15) is 4.79 Å². The fourth-order valence-electron chi connectivity index (χ4n) is 2.41. The maximum atomic E-state index is 12.0. The van der Waals surface area contributed by atoms with Crippen LogP contribution >= 0.6 is 0 Å². The van der Waals surface area contributed by atoms with Crippen molar-refractivity contribution in [2.75, 3.05) is 20.8 Å². The quantitative estimate of drug-likeness (QED) is 0.848. The molecule has 0 spiro atoms. The van der Waals surface area contributed by atoms with Crippen molar-refractivity contribution in [2.24, 2.45) is 0 Å². The van der Waals surface area contributed by atoms with Crippen molar-refractivity contribution in [2.45, 2.75) is 20.4 Å². The zero-order valence-corrected chi connectivity index (χ0v) is 14.5. The van der Waals surface area contributed by atoms with E-state index in [4.69, 9.17) is 14.2 Å². The van der Waals surface area contributed by atoms with E-state index in [1.54, 1.807) is 20.3 Å². The highest BCUT2D eigenvalue weighted by Gasteiger charge is 2.09.